The van der Waals surface area contributed by atoms with Gasteiger partial charge in [0, 0.05) is 10.9 Å². The minimum absolute atomic E-state index is 0.213. The van der Waals surface area contributed by atoms with E-state index in [9.17, 15) is 4.39 Å². The molecule has 0 saturated carbocycles. The zero-order valence-electron chi connectivity index (χ0n) is 9.28. The average molecular weight is 268 g/mol. The second-order valence-electron chi connectivity index (χ2n) is 3.67. The van der Waals surface area contributed by atoms with E-state index >= 15 is 0 Å². The van der Waals surface area contributed by atoms with Crippen molar-refractivity contribution in [2.45, 2.75) is 12.8 Å². The Balaban J connectivity index is 2.19. The molecule has 0 radical (unpaired) electrons. The van der Waals surface area contributed by atoms with Crippen LogP contribution < -0.4 is 0 Å². The normalized spacial score (nSPS) is 11.2. The standard InChI is InChI=1S/C13H11ClFNS/c1-9-2-3-10(12(15)6-9)4-5-13-16-11(7-14)8-17-13/h2-6,8H,7H2,1H3/b5-4+. The Hall–Kier alpha value is -1.19. The van der Waals surface area contributed by atoms with Gasteiger partial charge in [-0.05, 0) is 30.7 Å². The highest BCUT2D eigenvalue weighted by Gasteiger charge is 2.00. The molecule has 0 atom stereocenters. The third kappa shape index (κ3) is 3.14. The Morgan fingerprint density at radius 2 is 2.24 bits per heavy atom. The van der Waals surface area contributed by atoms with Crippen molar-refractivity contribution in [3.8, 4) is 0 Å². The Labute approximate surface area is 109 Å². The number of nitrogens with zero attached hydrogens (tertiary/aromatic N) is 1. The molecule has 1 aromatic carbocycles. The second-order valence-corrected chi connectivity index (χ2v) is 4.83. The van der Waals surface area contributed by atoms with Gasteiger partial charge < -0.3 is 0 Å². The number of thiazole rings is 1. The monoisotopic (exact) mass is 267 g/mol. The zero-order valence-corrected chi connectivity index (χ0v) is 10.9. The molecule has 0 aliphatic carbocycles. The highest BCUT2D eigenvalue weighted by molar-refractivity contribution is 7.10. The van der Waals surface area contributed by atoms with Gasteiger partial charge in [0.1, 0.15) is 10.8 Å². The first kappa shape index (κ1) is 12.3. The molecule has 0 fully saturated rings. The summed E-state index contributed by atoms with van der Waals surface area (Å²) >= 11 is 7.16. The fraction of sp³-hybridized carbons (Fsp3) is 0.154. The van der Waals surface area contributed by atoms with Crippen molar-refractivity contribution in [2.75, 3.05) is 0 Å². The van der Waals surface area contributed by atoms with Crippen molar-refractivity contribution < 1.29 is 4.39 Å². The Morgan fingerprint density at radius 1 is 1.41 bits per heavy atom. The molecule has 0 spiro atoms. The first-order valence-corrected chi connectivity index (χ1v) is 6.55. The number of alkyl halides is 1. The maximum atomic E-state index is 13.5. The molecule has 1 aromatic heterocycles. The van der Waals surface area contributed by atoms with Crippen molar-refractivity contribution in [1.29, 1.82) is 0 Å². The number of aromatic nitrogens is 1. The second kappa shape index (κ2) is 5.43. The Bertz CT molecular complexity index is 548. The molecule has 0 aliphatic heterocycles. The summed E-state index contributed by atoms with van der Waals surface area (Å²) in [5.74, 6) is 0.193. The van der Waals surface area contributed by atoms with E-state index in [1.54, 1.807) is 18.2 Å². The van der Waals surface area contributed by atoms with Gasteiger partial charge in [0.2, 0.25) is 0 Å². The average Bonchev–Trinajstić information content (AvgIpc) is 2.76. The van der Waals surface area contributed by atoms with Crippen molar-refractivity contribution in [1.82, 2.24) is 4.98 Å². The molecule has 2 rings (SSSR count). The molecule has 4 heteroatoms. The minimum atomic E-state index is -0.213. The third-order valence-electron chi connectivity index (χ3n) is 2.27. The maximum Gasteiger partial charge on any atom is 0.130 e. The zero-order chi connectivity index (χ0) is 12.3. The molecule has 17 heavy (non-hydrogen) atoms. The van der Waals surface area contributed by atoms with Gasteiger partial charge in [-0.25, -0.2) is 9.37 Å². The fourth-order valence-electron chi connectivity index (χ4n) is 1.39. The van der Waals surface area contributed by atoms with Crippen LogP contribution >= 0.6 is 22.9 Å². The van der Waals surface area contributed by atoms with Crippen molar-refractivity contribution in [3.05, 3.63) is 51.2 Å². The number of halogens is 2. The van der Waals surface area contributed by atoms with Crippen molar-refractivity contribution in [2.24, 2.45) is 0 Å². The summed E-state index contributed by atoms with van der Waals surface area (Å²) in [6.45, 7) is 1.87. The number of hydrogen-bond acceptors (Lipinski definition) is 2. The van der Waals surface area contributed by atoms with E-state index in [0.717, 1.165) is 16.3 Å². The van der Waals surface area contributed by atoms with Gasteiger partial charge in [-0.15, -0.1) is 22.9 Å². The molecule has 0 aliphatic rings. The highest BCUT2D eigenvalue weighted by Crippen LogP contribution is 2.17. The van der Waals surface area contributed by atoms with Gasteiger partial charge in [0.05, 0.1) is 11.6 Å². The lowest BCUT2D eigenvalue weighted by Crippen LogP contribution is -1.83. The van der Waals surface area contributed by atoms with E-state index in [4.69, 9.17) is 11.6 Å². The number of hydrogen-bond donors (Lipinski definition) is 0. The van der Waals surface area contributed by atoms with Gasteiger partial charge in [0.15, 0.2) is 0 Å². The van der Waals surface area contributed by atoms with Gasteiger partial charge in [-0.2, -0.15) is 0 Å². The molecule has 0 N–H and O–H groups in total. The smallest absolute Gasteiger partial charge is 0.130 e. The summed E-state index contributed by atoms with van der Waals surface area (Å²) in [4.78, 5) is 4.27. The highest BCUT2D eigenvalue weighted by atomic mass is 35.5. The van der Waals surface area contributed by atoms with E-state index in [0.29, 0.717) is 11.4 Å². The summed E-state index contributed by atoms with van der Waals surface area (Å²) in [5.41, 5.74) is 2.33. The molecule has 0 unspecified atom stereocenters. The van der Waals surface area contributed by atoms with Gasteiger partial charge in [-0.3, -0.25) is 0 Å². The van der Waals surface area contributed by atoms with Gasteiger partial charge in [-0.1, -0.05) is 12.1 Å². The third-order valence-corrected chi connectivity index (χ3v) is 3.40. The largest absolute Gasteiger partial charge is 0.240 e. The molecular weight excluding hydrogens is 257 g/mol. The van der Waals surface area contributed by atoms with Crippen LogP contribution in [-0.4, -0.2) is 4.98 Å². The van der Waals surface area contributed by atoms with E-state index < -0.39 is 0 Å². The van der Waals surface area contributed by atoms with E-state index in [-0.39, 0.29) is 5.82 Å². The molecule has 0 amide bonds. The lowest BCUT2D eigenvalue weighted by atomic mass is 10.1. The van der Waals surface area contributed by atoms with Crippen LogP contribution in [0.5, 0.6) is 0 Å². The first-order chi connectivity index (χ1) is 8.19. The SMILES string of the molecule is Cc1ccc(/C=C/c2nc(CCl)cs2)c(F)c1. The Kier molecular flexibility index (Phi) is 3.92. The molecule has 2 aromatic rings. The number of benzene rings is 1. The number of rotatable bonds is 3. The lowest BCUT2D eigenvalue weighted by Gasteiger charge is -1.97. The molecule has 1 heterocycles. The summed E-state index contributed by atoms with van der Waals surface area (Å²) in [7, 11) is 0. The van der Waals surface area contributed by atoms with Crippen molar-refractivity contribution in [3.63, 3.8) is 0 Å². The Morgan fingerprint density at radius 3 is 2.88 bits per heavy atom. The first-order valence-electron chi connectivity index (χ1n) is 5.13. The van der Waals surface area contributed by atoms with E-state index in [1.165, 1.54) is 17.4 Å². The molecular formula is C13H11ClFNS. The van der Waals surface area contributed by atoms with Crippen LogP contribution in [0, 0.1) is 12.7 Å². The van der Waals surface area contributed by atoms with Crippen LogP contribution in [0.15, 0.2) is 23.6 Å². The minimum Gasteiger partial charge on any atom is -0.240 e. The fourth-order valence-corrected chi connectivity index (χ4v) is 2.33. The molecule has 88 valence electrons. The molecule has 0 bridgehead atoms. The summed E-state index contributed by atoms with van der Waals surface area (Å²) in [5, 5.41) is 2.73. The van der Waals surface area contributed by atoms with E-state index in [1.807, 2.05) is 18.4 Å². The molecule has 1 nitrogen and oxygen atoms in total. The maximum absolute atomic E-state index is 13.5. The van der Waals surface area contributed by atoms with Crippen LogP contribution in [0.2, 0.25) is 0 Å². The summed E-state index contributed by atoms with van der Waals surface area (Å²) < 4.78 is 13.5. The molecule has 0 saturated heterocycles. The van der Waals surface area contributed by atoms with E-state index in [2.05, 4.69) is 4.98 Å². The van der Waals surface area contributed by atoms with Gasteiger partial charge in [0.25, 0.3) is 0 Å². The lowest BCUT2D eigenvalue weighted by molar-refractivity contribution is 0.624. The van der Waals surface area contributed by atoms with Crippen LogP contribution in [0.3, 0.4) is 0 Å². The van der Waals surface area contributed by atoms with Gasteiger partial charge >= 0.3 is 0 Å². The van der Waals surface area contributed by atoms with Crippen molar-refractivity contribution >= 4 is 35.1 Å². The number of aryl methyl sites for hydroxylation is 1. The predicted molar refractivity (Wildman–Crippen MR) is 71.7 cm³/mol. The quantitative estimate of drug-likeness (QED) is 0.746. The van der Waals surface area contributed by atoms with Crippen LogP contribution in [-0.2, 0) is 5.88 Å². The summed E-state index contributed by atoms with van der Waals surface area (Å²) in [6, 6.07) is 5.16. The van der Waals surface area contributed by atoms with Crippen LogP contribution in [0.25, 0.3) is 12.2 Å². The van der Waals surface area contributed by atoms with Crippen LogP contribution in [0.1, 0.15) is 21.8 Å². The summed E-state index contributed by atoms with van der Waals surface area (Å²) in [6.07, 6.45) is 3.53. The van der Waals surface area contributed by atoms with Crippen LogP contribution in [0.4, 0.5) is 4.39 Å². The predicted octanol–water partition coefficient (Wildman–Crippen LogP) is 4.50. The topological polar surface area (TPSA) is 12.9 Å².